The Hall–Kier alpha value is -2.60. The molecule has 1 aliphatic heterocycles. The Morgan fingerprint density at radius 1 is 1.38 bits per heavy atom. The summed E-state index contributed by atoms with van der Waals surface area (Å²) >= 11 is 1.47. The zero-order valence-corrected chi connectivity index (χ0v) is 14.2. The smallest absolute Gasteiger partial charge is 0.135 e. The van der Waals surface area contributed by atoms with Gasteiger partial charge in [0, 0.05) is 34.7 Å². The topological polar surface area (TPSA) is 76.0 Å². The van der Waals surface area contributed by atoms with Gasteiger partial charge in [0.15, 0.2) is 0 Å². The molecule has 0 saturated carbocycles. The number of hydrogen-bond donors (Lipinski definition) is 3. The van der Waals surface area contributed by atoms with Crippen molar-refractivity contribution < 1.29 is 5.11 Å². The number of amidine groups is 1. The number of nitrogens with zero attached hydrogens (tertiary/aromatic N) is 2. The molecule has 2 aromatic heterocycles. The number of fused-ring (bicyclic) bond motifs is 1. The fraction of sp³-hybridized carbons (Fsp3) is 0.222. The first-order chi connectivity index (χ1) is 11.6. The number of rotatable bonds is 4. The van der Waals surface area contributed by atoms with Crippen LogP contribution in [-0.4, -0.2) is 38.9 Å². The number of hydrogen-bond acceptors (Lipinski definition) is 4. The number of benzene rings is 1. The molecule has 122 valence electrons. The summed E-state index contributed by atoms with van der Waals surface area (Å²) in [4.78, 5) is 9.59. The van der Waals surface area contributed by atoms with E-state index in [4.69, 9.17) is 5.41 Å². The number of aliphatic hydroxyl groups is 1. The summed E-state index contributed by atoms with van der Waals surface area (Å²) in [7, 11) is 0. The second kappa shape index (κ2) is 5.79. The molecule has 3 aromatic rings. The van der Waals surface area contributed by atoms with Crippen LogP contribution in [0.4, 0.5) is 0 Å². The lowest BCUT2D eigenvalue weighted by atomic mass is 10.1. The van der Waals surface area contributed by atoms with Crippen LogP contribution in [0.3, 0.4) is 0 Å². The average Bonchev–Trinajstić information content (AvgIpc) is 3.24. The van der Waals surface area contributed by atoms with Crippen molar-refractivity contribution in [3.63, 3.8) is 0 Å². The molecule has 0 radical (unpaired) electrons. The minimum Gasteiger partial charge on any atom is -0.510 e. The molecule has 0 unspecified atom stereocenters. The Morgan fingerprint density at radius 3 is 3.00 bits per heavy atom. The molecule has 0 spiro atoms. The van der Waals surface area contributed by atoms with Crippen molar-refractivity contribution in [1.82, 2.24) is 14.9 Å². The van der Waals surface area contributed by atoms with Gasteiger partial charge < -0.3 is 15.0 Å². The van der Waals surface area contributed by atoms with Crippen molar-refractivity contribution in [2.75, 3.05) is 13.1 Å². The summed E-state index contributed by atoms with van der Waals surface area (Å²) in [5.41, 5.74) is 3.85. The van der Waals surface area contributed by atoms with E-state index in [1.165, 1.54) is 22.3 Å². The second-order valence-corrected chi connectivity index (χ2v) is 6.85. The maximum Gasteiger partial charge on any atom is 0.135 e. The lowest BCUT2D eigenvalue weighted by Crippen LogP contribution is -2.28. The summed E-state index contributed by atoms with van der Waals surface area (Å²) in [5.74, 6) is 0.606. The van der Waals surface area contributed by atoms with Crippen molar-refractivity contribution in [2.45, 2.75) is 13.3 Å². The van der Waals surface area contributed by atoms with Gasteiger partial charge in [-0.15, -0.1) is 11.3 Å². The Balaban J connectivity index is 1.50. The molecule has 0 aliphatic carbocycles. The number of aromatic amines is 1. The maximum atomic E-state index is 10.3. The Labute approximate surface area is 143 Å². The average molecular weight is 338 g/mol. The van der Waals surface area contributed by atoms with Crippen LogP contribution < -0.4 is 0 Å². The Bertz CT molecular complexity index is 953. The fourth-order valence-corrected chi connectivity index (χ4v) is 3.98. The normalized spacial score (nSPS) is 15.0. The third-order valence-corrected chi connectivity index (χ3v) is 5.32. The zero-order valence-electron chi connectivity index (χ0n) is 13.3. The monoisotopic (exact) mass is 338 g/mol. The Morgan fingerprint density at radius 2 is 2.21 bits per heavy atom. The SMILES string of the molecule is Cc1csc(C2=C(O)CN(CCc3c[nH]c4ccccc34)C2=N)n1. The molecule has 0 bridgehead atoms. The first-order valence-electron chi connectivity index (χ1n) is 7.87. The van der Waals surface area contributed by atoms with Gasteiger partial charge in [0.1, 0.15) is 16.6 Å². The molecule has 0 fully saturated rings. The first-order valence-corrected chi connectivity index (χ1v) is 8.75. The molecular formula is C18H18N4OS. The highest BCUT2D eigenvalue weighted by molar-refractivity contribution is 7.11. The molecule has 0 saturated heterocycles. The molecule has 1 aliphatic rings. The molecule has 4 rings (SSSR count). The van der Waals surface area contributed by atoms with Crippen LogP contribution in [-0.2, 0) is 6.42 Å². The van der Waals surface area contributed by atoms with E-state index in [9.17, 15) is 5.11 Å². The van der Waals surface area contributed by atoms with Crippen LogP contribution in [0.1, 0.15) is 16.3 Å². The summed E-state index contributed by atoms with van der Waals surface area (Å²) in [6.07, 6.45) is 2.85. The molecule has 3 heterocycles. The number of thiazole rings is 1. The summed E-state index contributed by atoms with van der Waals surface area (Å²) in [6.45, 7) is 3.00. The number of aliphatic hydroxyl groups excluding tert-OH is 1. The maximum absolute atomic E-state index is 10.3. The van der Waals surface area contributed by atoms with E-state index >= 15 is 0 Å². The van der Waals surface area contributed by atoms with Gasteiger partial charge in [-0.1, -0.05) is 18.2 Å². The van der Waals surface area contributed by atoms with Crippen molar-refractivity contribution in [2.24, 2.45) is 0 Å². The molecule has 0 amide bonds. The van der Waals surface area contributed by atoms with E-state index in [0.29, 0.717) is 24.5 Å². The first kappa shape index (κ1) is 15.0. The van der Waals surface area contributed by atoms with Crippen LogP contribution >= 0.6 is 11.3 Å². The van der Waals surface area contributed by atoms with Gasteiger partial charge in [-0.05, 0) is 25.0 Å². The van der Waals surface area contributed by atoms with Crippen molar-refractivity contribution in [3.8, 4) is 0 Å². The van der Waals surface area contributed by atoms with Gasteiger partial charge in [-0.2, -0.15) is 0 Å². The lowest BCUT2D eigenvalue weighted by molar-refractivity contribution is 0.351. The third-order valence-electron chi connectivity index (χ3n) is 4.34. The zero-order chi connectivity index (χ0) is 16.7. The third kappa shape index (κ3) is 2.49. The van der Waals surface area contributed by atoms with Crippen molar-refractivity contribution in [3.05, 3.63) is 57.9 Å². The quantitative estimate of drug-likeness (QED) is 0.678. The van der Waals surface area contributed by atoms with E-state index in [1.54, 1.807) is 0 Å². The minimum atomic E-state index is 0.244. The van der Waals surface area contributed by atoms with Gasteiger partial charge in [-0.3, -0.25) is 5.41 Å². The number of nitrogens with one attached hydrogen (secondary N) is 2. The fourth-order valence-electron chi connectivity index (χ4n) is 3.11. The van der Waals surface area contributed by atoms with Crippen LogP contribution in [0.5, 0.6) is 0 Å². The minimum absolute atomic E-state index is 0.244. The summed E-state index contributed by atoms with van der Waals surface area (Å²) in [6, 6.07) is 8.22. The molecule has 6 heteroatoms. The number of aryl methyl sites for hydroxylation is 1. The highest BCUT2D eigenvalue weighted by Crippen LogP contribution is 2.29. The van der Waals surface area contributed by atoms with Crippen LogP contribution in [0.15, 0.2) is 41.6 Å². The molecule has 5 nitrogen and oxygen atoms in total. The van der Waals surface area contributed by atoms with Gasteiger partial charge >= 0.3 is 0 Å². The highest BCUT2D eigenvalue weighted by atomic mass is 32.1. The largest absolute Gasteiger partial charge is 0.510 e. The predicted molar refractivity (Wildman–Crippen MR) is 97.7 cm³/mol. The van der Waals surface area contributed by atoms with Gasteiger partial charge in [0.05, 0.1) is 12.1 Å². The van der Waals surface area contributed by atoms with E-state index in [0.717, 1.165) is 22.6 Å². The summed E-state index contributed by atoms with van der Waals surface area (Å²) in [5, 5.41) is 22.6. The molecule has 0 atom stereocenters. The molecule has 1 aromatic carbocycles. The molecule has 24 heavy (non-hydrogen) atoms. The van der Waals surface area contributed by atoms with Gasteiger partial charge in [0.25, 0.3) is 0 Å². The van der Waals surface area contributed by atoms with E-state index in [-0.39, 0.29) is 5.76 Å². The second-order valence-electron chi connectivity index (χ2n) is 6.00. The Kier molecular flexibility index (Phi) is 3.61. The van der Waals surface area contributed by atoms with E-state index in [2.05, 4.69) is 22.1 Å². The molecular weight excluding hydrogens is 320 g/mol. The molecule has 3 N–H and O–H groups in total. The van der Waals surface area contributed by atoms with Gasteiger partial charge in [-0.25, -0.2) is 4.98 Å². The van der Waals surface area contributed by atoms with Crippen LogP contribution in [0, 0.1) is 12.3 Å². The van der Waals surface area contributed by atoms with Crippen molar-refractivity contribution >= 4 is 33.6 Å². The van der Waals surface area contributed by atoms with Gasteiger partial charge in [0.2, 0.25) is 0 Å². The summed E-state index contributed by atoms with van der Waals surface area (Å²) < 4.78 is 0. The van der Waals surface area contributed by atoms with Crippen molar-refractivity contribution in [1.29, 1.82) is 5.41 Å². The number of aromatic nitrogens is 2. The highest BCUT2D eigenvalue weighted by Gasteiger charge is 2.29. The van der Waals surface area contributed by atoms with Crippen LogP contribution in [0.25, 0.3) is 16.5 Å². The standard InChI is InChI=1S/C18H18N4OS/c1-11-10-24-18(21-11)16-15(23)9-22(17(16)19)7-6-12-8-20-14-5-3-2-4-13(12)14/h2-5,8,10,19-20,23H,6-7,9H2,1H3. The predicted octanol–water partition coefficient (Wildman–Crippen LogP) is 3.74. The lowest BCUT2D eigenvalue weighted by Gasteiger charge is -2.18. The number of H-pyrrole nitrogens is 1. The number of para-hydroxylation sites is 1. The van der Waals surface area contributed by atoms with E-state index in [1.807, 2.05) is 35.5 Å². The van der Waals surface area contributed by atoms with E-state index < -0.39 is 0 Å². The van der Waals surface area contributed by atoms with Crippen LogP contribution in [0.2, 0.25) is 0 Å².